The van der Waals surface area contributed by atoms with Gasteiger partial charge in [0.2, 0.25) is 0 Å². The van der Waals surface area contributed by atoms with Crippen molar-refractivity contribution in [2.75, 3.05) is 7.11 Å². The smallest absolute Gasteiger partial charge is 0.337 e. The summed E-state index contributed by atoms with van der Waals surface area (Å²) in [5, 5.41) is 0. The lowest BCUT2D eigenvalue weighted by Crippen LogP contribution is -2.16. The molecule has 0 fully saturated rings. The van der Waals surface area contributed by atoms with Crippen LogP contribution in [0.25, 0.3) is 10.2 Å². The molecule has 0 unspecified atom stereocenters. The Labute approximate surface area is 163 Å². The summed E-state index contributed by atoms with van der Waals surface area (Å²) in [6.45, 7) is 2.88. The third kappa shape index (κ3) is 3.78. The minimum atomic E-state index is -0.434. The fourth-order valence-corrected chi connectivity index (χ4v) is 4.20. The van der Waals surface area contributed by atoms with Gasteiger partial charge in [0, 0.05) is 16.6 Å². The highest BCUT2D eigenvalue weighted by atomic mass is 79.9. The zero-order valence-electron chi connectivity index (χ0n) is 14.4. The Morgan fingerprint density at radius 1 is 1.15 bits per heavy atom. The van der Waals surface area contributed by atoms with Gasteiger partial charge >= 0.3 is 5.97 Å². The van der Waals surface area contributed by atoms with Crippen molar-refractivity contribution < 1.29 is 14.3 Å². The van der Waals surface area contributed by atoms with E-state index in [2.05, 4.69) is 37.2 Å². The Kier molecular flexibility index (Phi) is 5.68. The van der Waals surface area contributed by atoms with Gasteiger partial charge in [-0.2, -0.15) is 4.99 Å². The van der Waals surface area contributed by atoms with Crippen LogP contribution >= 0.6 is 27.3 Å². The van der Waals surface area contributed by atoms with E-state index in [1.807, 2.05) is 18.2 Å². The molecule has 0 bridgehead atoms. The second-order valence-corrected chi connectivity index (χ2v) is 7.56. The number of aromatic nitrogens is 1. The van der Waals surface area contributed by atoms with Crippen LogP contribution in [0.3, 0.4) is 0 Å². The molecule has 1 amide bonds. The normalized spacial score (nSPS) is 11.7. The van der Waals surface area contributed by atoms with Gasteiger partial charge < -0.3 is 9.30 Å². The molecular formula is C19H17BrN2O3S. The van der Waals surface area contributed by atoms with Crippen LogP contribution in [0.4, 0.5) is 0 Å². The molecule has 3 aromatic rings. The van der Waals surface area contributed by atoms with E-state index in [1.165, 1.54) is 18.4 Å². The summed E-state index contributed by atoms with van der Waals surface area (Å²) >= 11 is 4.96. The number of halogens is 1. The number of thiazole rings is 1. The molecule has 3 rings (SSSR count). The van der Waals surface area contributed by atoms with Crippen LogP contribution in [0, 0.1) is 0 Å². The lowest BCUT2D eigenvalue weighted by atomic mass is 10.1. The SMILES string of the molecule is CCCn1c(=NC(=O)c2ccc(C(=O)OC)cc2)sc2cc(Br)ccc21. The van der Waals surface area contributed by atoms with Crippen molar-refractivity contribution >= 4 is 49.4 Å². The molecule has 0 atom stereocenters. The highest BCUT2D eigenvalue weighted by molar-refractivity contribution is 9.10. The average Bonchev–Trinajstić information content (AvgIpc) is 2.97. The zero-order chi connectivity index (χ0) is 18.7. The Bertz CT molecular complexity index is 1040. The van der Waals surface area contributed by atoms with E-state index in [1.54, 1.807) is 24.3 Å². The van der Waals surface area contributed by atoms with E-state index in [-0.39, 0.29) is 5.91 Å². The third-order valence-corrected chi connectivity index (χ3v) is 5.38. The van der Waals surface area contributed by atoms with Gasteiger partial charge in [-0.15, -0.1) is 0 Å². The van der Waals surface area contributed by atoms with E-state index in [4.69, 9.17) is 0 Å². The molecule has 7 heteroatoms. The molecular weight excluding hydrogens is 416 g/mol. The maximum Gasteiger partial charge on any atom is 0.337 e. The van der Waals surface area contributed by atoms with E-state index in [9.17, 15) is 9.59 Å². The van der Waals surface area contributed by atoms with E-state index >= 15 is 0 Å². The summed E-state index contributed by atoms with van der Waals surface area (Å²) in [6.07, 6.45) is 0.942. The van der Waals surface area contributed by atoms with Gasteiger partial charge in [0.25, 0.3) is 5.91 Å². The van der Waals surface area contributed by atoms with Gasteiger partial charge in [-0.3, -0.25) is 4.79 Å². The van der Waals surface area contributed by atoms with Gasteiger partial charge in [0.05, 0.1) is 22.9 Å². The number of carbonyl (C=O) groups is 2. The predicted octanol–water partition coefficient (Wildman–Crippen LogP) is 4.40. The Morgan fingerprint density at radius 3 is 2.50 bits per heavy atom. The molecule has 0 N–H and O–H groups in total. The summed E-state index contributed by atoms with van der Waals surface area (Å²) in [5.41, 5.74) is 1.89. The van der Waals surface area contributed by atoms with E-state index in [0.29, 0.717) is 15.9 Å². The highest BCUT2D eigenvalue weighted by Gasteiger charge is 2.11. The van der Waals surface area contributed by atoms with Crippen molar-refractivity contribution in [3.8, 4) is 0 Å². The number of hydrogen-bond donors (Lipinski definition) is 0. The van der Waals surface area contributed by atoms with E-state index in [0.717, 1.165) is 27.7 Å². The van der Waals surface area contributed by atoms with Crippen LogP contribution in [0.15, 0.2) is 51.9 Å². The summed E-state index contributed by atoms with van der Waals surface area (Å²) in [5.74, 6) is -0.770. The highest BCUT2D eigenvalue weighted by Crippen LogP contribution is 2.22. The number of fused-ring (bicyclic) bond motifs is 1. The number of hydrogen-bond acceptors (Lipinski definition) is 4. The number of nitrogens with zero attached hydrogens (tertiary/aromatic N) is 2. The van der Waals surface area contributed by atoms with Crippen molar-refractivity contribution in [2.45, 2.75) is 19.9 Å². The molecule has 0 saturated carbocycles. The van der Waals surface area contributed by atoms with Crippen LogP contribution < -0.4 is 4.80 Å². The van der Waals surface area contributed by atoms with Crippen molar-refractivity contribution in [1.29, 1.82) is 0 Å². The van der Waals surface area contributed by atoms with Crippen LogP contribution in [-0.2, 0) is 11.3 Å². The van der Waals surface area contributed by atoms with Crippen LogP contribution in [0.2, 0.25) is 0 Å². The van der Waals surface area contributed by atoms with Crippen molar-refractivity contribution in [1.82, 2.24) is 4.57 Å². The minimum Gasteiger partial charge on any atom is -0.465 e. The van der Waals surface area contributed by atoms with Gasteiger partial charge in [0.15, 0.2) is 4.80 Å². The maximum absolute atomic E-state index is 12.6. The Hall–Kier alpha value is -2.25. The summed E-state index contributed by atoms with van der Waals surface area (Å²) in [7, 11) is 1.32. The second-order valence-electron chi connectivity index (χ2n) is 5.63. The minimum absolute atomic E-state index is 0.336. The lowest BCUT2D eigenvalue weighted by molar-refractivity contribution is 0.0600. The summed E-state index contributed by atoms with van der Waals surface area (Å²) < 4.78 is 8.79. The Morgan fingerprint density at radius 2 is 1.85 bits per heavy atom. The first-order valence-corrected chi connectivity index (χ1v) is 9.70. The molecule has 1 aromatic heterocycles. The van der Waals surface area contributed by atoms with Crippen molar-refractivity contribution in [2.24, 2.45) is 4.99 Å². The Balaban J connectivity index is 2.02. The lowest BCUT2D eigenvalue weighted by Gasteiger charge is -2.03. The number of carbonyl (C=O) groups excluding carboxylic acids is 2. The number of esters is 1. The van der Waals surface area contributed by atoms with Crippen LogP contribution in [-0.4, -0.2) is 23.6 Å². The summed E-state index contributed by atoms with van der Waals surface area (Å²) in [4.78, 5) is 29.0. The van der Waals surface area contributed by atoms with Gasteiger partial charge in [-0.05, 0) is 48.9 Å². The molecule has 26 heavy (non-hydrogen) atoms. The maximum atomic E-state index is 12.6. The number of amides is 1. The fourth-order valence-electron chi connectivity index (χ4n) is 2.59. The van der Waals surface area contributed by atoms with E-state index < -0.39 is 5.97 Å². The van der Waals surface area contributed by atoms with Gasteiger partial charge in [0.1, 0.15) is 0 Å². The number of benzene rings is 2. The van der Waals surface area contributed by atoms with Crippen LogP contribution in [0.1, 0.15) is 34.1 Å². The molecule has 0 aliphatic heterocycles. The number of aryl methyl sites for hydroxylation is 1. The van der Waals surface area contributed by atoms with Gasteiger partial charge in [-0.1, -0.05) is 34.2 Å². The van der Waals surface area contributed by atoms with Gasteiger partial charge in [-0.25, -0.2) is 4.79 Å². The molecule has 2 aromatic carbocycles. The first-order valence-electron chi connectivity index (χ1n) is 8.10. The van der Waals surface area contributed by atoms with Crippen molar-refractivity contribution in [3.63, 3.8) is 0 Å². The number of methoxy groups -OCH3 is 1. The quantitative estimate of drug-likeness (QED) is 0.573. The standard InChI is InChI=1S/C19H17BrN2O3S/c1-3-10-22-15-9-8-14(20)11-16(15)26-19(22)21-17(23)12-4-6-13(7-5-12)18(24)25-2/h4-9,11H,3,10H2,1-2H3. The second kappa shape index (κ2) is 7.97. The number of ether oxygens (including phenoxy) is 1. The summed E-state index contributed by atoms with van der Waals surface area (Å²) in [6, 6.07) is 12.4. The number of rotatable bonds is 4. The zero-order valence-corrected chi connectivity index (χ0v) is 16.8. The molecule has 134 valence electrons. The third-order valence-electron chi connectivity index (χ3n) is 3.84. The van der Waals surface area contributed by atoms with Crippen molar-refractivity contribution in [3.05, 3.63) is 62.9 Å². The molecule has 0 radical (unpaired) electrons. The molecule has 0 saturated heterocycles. The molecule has 1 heterocycles. The first-order chi connectivity index (χ1) is 12.5. The first kappa shape index (κ1) is 18.5. The molecule has 0 aliphatic rings. The fraction of sp³-hybridized carbons (Fsp3) is 0.211. The molecule has 0 aliphatic carbocycles. The average molecular weight is 433 g/mol. The molecule has 5 nitrogen and oxygen atoms in total. The molecule has 0 spiro atoms. The monoisotopic (exact) mass is 432 g/mol. The van der Waals surface area contributed by atoms with Crippen LogP contribution in [0.5, 0.6) is 0 Å². The topological polar surface area (TPSA) is 60.7 Å². The predicted molar refractivity (Wildman–Crippen MR) is 105 cm³/mol. The largest absolute Gasteiger partial charge is 0.465 e.